The van der Waals surface area contributed by atoms with Crippen LogP contribution in [-0.4, -0.2) is 22.6 Å². The third-order valence-electron chi connectivity index (χ3n) is 3.75. The zero-order valence-electron chi connectivity index (χ0n) is 10.1. The topological polar surface area (TPSA) is 29.9 Å². The molecule has 1 unspecified atom stereocenters. The van der Waals surface area contributed by atoms with Gasteiger partial charge in [0, 0.05) is 24.0 Å². The van der Waals surface area contributed by atoms with E-state index in [9.17, 15) is 0 Å². The maximum absolute atomic E-state index is 6.01. The molecule has 1 N–H and O–H groups in total. The number of aromatic nitrogens is 2. The van der Waals surface area contributed by atoms with Crippen molar-refractivity contribution in [3.8, 4) is 0 Å². The number of imidazole rings is 1. The lowest BCUT2D eigenvalue weighted by molar-refractivity contribution is 0.475. The van der Waals surface area contributed by atoms with Crippen molar-refractivity contribution >= 4 is 22.6 Å². The van der Waals surface area contributed by atoms with Gasteiger partial charge in [0.2, 0.25) is 0 Å². The molecule has 3 nitrogen and oxygen atoms in total. The van der Waals surface area contributed by atoms with E-state index >= 15 is 0 Å². The van der Waals surface area contributed by atoms with E-state index in [0.29, 0.717) is 0 Å². The number of hydrogen-bond acceptors (Lipinski definition) is 2. The summed E-state index contributed by atoms with van der Waals surface area (Å²) in [4.78, 5) is 4.77. The van der Waals surface area contributed by atoms with Crippen molar-refractivity contribution in [2.75, 3.05) is 13.1 Å². The van der Waals surface area contributed by atoms with Crippen LogP contribution in [0.3, 0.4) is 0 Å². The van der Waals surface area contributed by atoms with Crippen LogP contribution in [0.5, 0.6) is 0 Å². The van der Waals surface area contributed by atoms with E-state index < -0.39 is 0 Å². The molecule has 1 atom stereocenters. The highest BCUT2D eigenvalue weighted by Crippen LogP contribution is 2.31. The lowest BCUT2D eigenvalue weighted by Gasteiger charge is -2.21. The van der Waals surface area contributed by atoms with Crippen molar-refractivity contribution in [3.63, 3.8) is 0 Å². The van der Waals surface area contributed by atoms with Gasteiger partial charge in [0.05, 0.1) is 11.0 Å². The first-order valence-electron chi connectivity index (χ1n) is 5.93. The molecule has 1 aliphatic heterocycles. The van der Waals surface area contributed by atoms with E-state index in [1.165, 1.54) is 0 Å². The first kappa shape index (κ1) is 11.1. The van der Waals surface area contributed by atoms with E-state index in [0.717, 1.165) is 41.4 Å². The van der Waals surface area contributed by atoms with Crippen molar-refractivity contribution in [2.24, 2.45) is 7.05 Å². The molecule has 90 valence electrons. The van der Waals surface area contributed by atoms with Crippen LogP contribution in [0.1, 0.15) is 19.2 Å². The highest BCUT2D eigenvalue weighted by molar-refractivity contribution is 6.31. The Hall–Kier alpha value is -1.06. The van der Waals surface area contributed by atoms with E-state index in [-0.39, 0.29) is 5.41 Å². The van der Waals surface area contributed by atoms with Crippen molar-refractivity contribution in [1.29, 1.82) is 0 Å². The molecule has 0 radical (unpaired) electrons. The molecule has 0 aliphatic carbocycles. The van der Waals surface area contributed by atoms with Gasteiger partial charge in [-0.1, -0.05) is 18.5 Å². The fraction of sp³-hybridized carbons (Fsp3) is 0.462. The molecule has 17 heavy (non-hydrogen) atoms. The number of aryl methyl sites for hydroxylation is 1. The summed E-state index contributed by atoms with van der Waals surface area (Å²) in [5.74, 6) is 1.15. The minimum atomic E-state index is 0.139. The molecule has 1 aromatic heterocycles. The number of benzene rings is 1. The SMILES string of the molecule is Cn1c(C2(C)CCNC2)nc2cc(Cl)ccc21. The molecule has 0 saturated carbocycles. The number of halogens is 1. The summed E-state index contributed by atoms with van der Waals surface area (Å²) >= 11 is 6.01. The van der Waals surface area contributed by atoms with E-state index in [4.69, 9.17) is 16.6 Å². The highest BCUT2D eigenvalue weighted by atomic mass is 35.5. The third kappa shape index (κ3) is 1.65. The molecular formula is C13H16ClN3. The molecule has 2 heterocycles. The molecule has 0 spiro atoms. The van der Waals surface area contributed by atoms with Crippen LogP contribution >= 0.6 is 11.6 Å². The van der Waals surface area contributed by atoms with Crippen LogP contribution in [0, 0.1) is 0 Å². The Bertz CT molecular complexity index is 567. The standard InChI is InChI=1S/C13H16ClN3/c1-13(5-6-15-8-13)12-16-10-7-9(14)3-4-11(10)17(12)2/h3-4,7,15H,5-6,8H2,1-2H3. The number of rotatable bonds is 1. The van der Waals surface area contributed by atoms with Gasteiger partial charge in [0.25, 0.3) is 0 Å². The number of nitrogens with one attached hydrogen (secondary N) is 1. The van der Waals surface area contributed by atoms with Crippen LogP contribution in [0.2, 0.25) is 5.02 Å². The van der Waals surface area contributed by atoms with Crippen molar-refractivity contribution in [1.82, 2.24) is 14.9 Å². The fourth-order valence-corrected chi connectivity index (χ4v) is 2.89. The minimum Gasteiger partial charge on any atom is -0.331 e. The molecule has 4 heteroatoms. The molecule has 1 saturated heterocycles. The molecule has 0 amide bonds. The van der Waals surface area contributed by atoms with Gasteiger partial charge in [0.15, 0.2) is 0 Å². The Morgan fingerprint density at radius 2 is 2.29 bits per heavy atom. The maximum Gasteiger partial charge on any atom is 0.116 e. The van der Waals surface area contributed by atoms with E-state index in [1.54, 1.807) is 0 Å². The quantitative estimate of drug-likeness (QED) is 0.842. The largest absolute Gasteiger partial charge is 0.331 e. The molecule has 3 rings (SSSR count). The second-order valence-electron chi connectivity index (χ2n) is 5.11. The Morgan fingerprint density at radius 3 is 3.00 bits per heavy atom. The summed E-state index contributed by atoms with van der Waals surface area (Å²) in [5.41, 5.74) is 2.28. The van der Waals surface area contributed by atoms with E-state index in [1.807, 2.05) is 18.2 Å². The molecule has 0 bridgehead atoms. The summed E-state index contributed by atoms with van der Waals surface area (Å²) < 4.78 is 2.19. The maximum atomic E-state index is 6.01. The van der Waals surface area contributed by atoms with E-state index in [2.05, 4.69) is 23.9 Å². The van der Waals surface area contributed by atoms with Crippen molar-refractivity contribution < 1.29 is 0 Å². The smallest absolute Gasteiger partial charge is 0.116 e. The number of hydrogen-bond donors (Lipinski definition) is 1. The second-order valence-corrected chi connectivity index (χ2v) is 5.55. The van der Waals surface area contributed by atoms with Gasteiger partial charge >= 0.3 is 0 Å². The Kier molecular flexibility index (Phi) is 2.42. The lowest BCUT2D eigenvalue weighted by Crippen LogP contribution is -2.28. The van der Waals surface area contributed by atoms with Gasteiger partial charge in [-0.25, -0.2) is 4.98 Å². The lowest BCUT2D eigenvalue weighted by atomic mass is 9.89. The van der Waals surface area contributed by atoms with Crippen LogP contribution in [0.15, 0.2) is 18.2 Å². The summed E-state index contributed by atoms with van der Waals surface area (Å²) in [6.07, 6.45) is 1.14. The van der Waals surface area contributed by atoms with Crippen LogP contribution in [-0.2, 0) is 12.5 Å². The monoisotopic (exact) mass is 249 g/mol. The third-order valence-corrected chi connectivity index (χ3v) is 3.99. The predicted octanol–water partition coefficient (Wildman–Crippen LogP) is 2.48. The van der Waals surface area contributed by atoms with Gasteiger partial charge in [-0.15, -0.1) is 0 Å². The Balaban J connectivity index is 2.20. The molecule has 2 aromatic rings. The van der Waals surface area contributed by atoms with Crippen LogP contribution < -0.4 is 5.32 Å². The Morgan fingerprint density at radius 1 is 1.47 bits per heavy atom. The molecule has 1 aromatic carbocycles. The summed E-state index contributed by atoms with van der Waals surface area (Å²) in [6.45, 7) is 4.34. The minimum absolute atomic E-state index is 0.139. The molecular weight excluding hydrogens is 234 g/mol. The van der Waals surface area contributed by atoms with Gasteiger partial charge in [0.1, 0.15) is 5.82 Å². The van der Waals surface area contributed by atoms with Gasteiger partial charge < -0.3 is 9.88 Å². The summed E-state index contributed by atoms with van der Waals surface area (Å²) in [6, 6.07) is 5.90. The zero-order valence-corrected chi connectivity index (χ0v) is 10.9. The average molecular weight is 250 g/mol. The Labute approximate surface area is 106 Å². The molecule has 1 fully saturated rings. The van der Waals surface area contributed by atoms with Gasteiger partial charge in [-0.2, -0.15) is 0 Å². The van der Waals surface area contributed by atoms with Gasteiger partial charge in [-0.3, -0.25) is 0 Å². The first-order chi connectivity index (χ1) is 8.10. The number of fused-ring (bicyclic) bond motifs is 1. The highest BCUT2D eigenvalue weighted by Gasteiger charge is 2.34. The zero-order chi connectivity index (χ0) is 12.0. The summed E-state index contributed by atoms with van der Waals surface area (Å²) in [7, 11) is 2.09. The predicted molar refractivity (Wildman–Crippen MR) is 70.6 cm³/mol. The normalized spacial score (nSPS) is 24.6. The van der Waals surface area contributed by atoms with Crippen LogP contribution in [0.25, 0.3) is 11.0 Å². The second kappa shape index (κ2) is 3.72. The fourth-order valence-electron chi connectivity index (χ4n) is 2.72. The summed E-state index contributed by atoms with van der Waals surface area (Å²) in [5, 5.41) is 4.16. The number of nitrogens with zero attached hydrogens (tertiary/aromatic N) is 2. The van der Waals surface area contributed by atoms with Crippen molar-refractivity contribution in [3.05, 3.63) is 29.0 Å². The van der Waals surface area contributed by atoms with Gasteiger partial charge in [-0.05, 0) is 31.2 Å². The van der Waals surface area contributed by atoms with Crippen molar-refractivity contribution in [2.45, 2.75) is 18.8 Å². The average Bonchev–Trinajstić information content (AvgIpc) is 2.85. The van der Waals surface area contributed by atoms with Crippen LogP contribution in [0.4, 0.5) is 0 Å². The first-order valence-corrected chi connectivity index (χ1v) is 6.31. The molecule has 1 aliphatic rings.